The van der Waals surface area contributed by atoms with Crippen molar-refractivity contribution in [3.63, 3.8) is 0 Å². The van der Waals surface area contributed by atoms with E-state index in [9.17, 15) is 9.59 Å². The molecule has 154 valence electrons. The fourth-order valence-corrected chi connectivity index (χ4v) is 5.35. The number of anilines is 1. The van der Waals surface area contributed by atoms with Crippen molar-refractivity contribution in [3.8, 4) is 5.75 Å². The molecular formula is C23H23N3O3S. The van der Waals surface area contributed by atoms with E-state index in [1.54, 1.807) is 16.2 Å². The first-order chi connectivity index (χ1) is 14.7. The minimum atomic E-state index is -0.0816. The lowest BCUT2D eigenvalue weighted by Crippen LogP contribution is -2.46. The highest BCUT2D eigenvalue weighted by Gasteiger charge is 2.33. The normalized spacial score (nSPS) is 19.3. The fourth-order valence-electron chi connectivity index (χ4n) is 4.24. The van der Waals surface area contributed by atoms with Gasteiger partial charge in [0, 0.05) is 6.54 Å². The number of amides is 2. The van der Waals surface area contributed by atoms with Gasteiger partial charge < -0.3 is 9.64 Å². The van der Waals surface area contributed by atoms with Crippen molar-refractivity contribution in [1.29, 1.82) is 0 Å². The maximum atomic E-state index is 13.4. The Hall–Kier alpha value is -2.93. The van der Waals surface area contributed by atoms with Crippen molar-refractivity contribution >= 4 is 39.1 Å². The van der Waals surface area contributed by atoms with Crippen molar-refractivity contribution in [3.05, 3.63) is 53.5 Å². The maximum absolute atomic E-state index is 13.4. The number of thiazole rings is 1. The van der Waals surface area contributed by atoms with Crippen LogP contribution in [0.4, 0.5) is 5.69 Å². The topological polar surface area (TPSA) is 62.7 Å². The third-order valence-electron chi connectivity index (χ3n) is 5.74. The molecule has 1 atom stereocenters. The van der Waals surface area contributed by atoms with Gasteiger partial charge in [-0.2, -0.15) is 0 Å². The molecule has 0 N–H and O–H groups in total. The van der Waals surface area contributed by atoms with Gasteiger partial charge in [0.2, 0.25) is 11.8 Å². The largest absolute Gasteiger partial charge is 0.491 e. The fraction of sp³-hybridized carbons (Fsp3) is 0.348. The monoisotopic (exact) mass is 421 g/mol. The summed E-state index contributed by atoms with van der Waals surface area (Å²) in [6.45, 7) is 1.05. The summed E-state index contributed by atoms with van der Waals surface area (Å²) in [5.41, 5.74) is 1.64. The van der Waals surface area contributed by atoms with E-state index >= 15 is 0 Å². The van der Waals surface area contributed by atoms with Crippen LogP contribution in [0.2, 0.25) is 0 Å². The first-order valence-corrected chi connectivity index (χ1v) is 11.2. The zero-order chi connectivity index (χ0) is 20.5. The van der Waals surface area contributed by atoms with Crippen molar-refractivity contribution in [2.45, 2.75) is 31.7 Å². The van der Waals surface area contributed by atoms with E-state index in [4.69, 9.17) is 9.72 Å². The van der Waals surface area contributed by atoms with Crippen LogP contribution in [0.3, 0.4) is 0 Å². The van der Waals surface area contributed by atoms with Crippen molar-refractivity contribution in [2.75, 3.05) is 24.6 Å². The lowest BCUT2D eigenvalue weighted by Gasteiger charge is -2.36. The molecule has 5 rings (SSSR count). The minimum absolute atomic E-state index is 0.0284. The van der Waals surface area contributed by atoms with Crippen LogP contribution >= 0.6 is 11.3 Å². The van der Waals surface area contributed by atoms with Gasteiger partial charge in [0.25, 0.3) is 0 Å². The molecule has 2 aliphatic rings. The Morgan fingerprint density at radius 3 is 2.87 bits per heavy atom. The minimum Gasteiger partial charge on any atom is -0.491 e. The Balaban J connectivity index is 1.42. The molecule has 30 heavy (non-hydrogen) atoms. The summed E-state index contributed by atoms with van der Waals surface area (Å²) < 4.78 is 6.84. The molecule has 3 aromatic rings. The molecule has 7 heteroatoms. The Bertz CT molecular complexity index is 1060. The van der Waals surface area contributed by atoms with E-state index in [0.717, 1.165) is 34.5 Å². The maximum Gasteiger partial charge on any atom is 0.243 e. The van der Waals surface area contributed by atoms with Crippen LogP contribution in [0, 0.1) is 0 Å². The number of carbonyl (C=O) groups is 2. The molecule has 2 aliphatic heterocycles. The van der Waals surface area contributed by atoms with E-state index in [2.05, 4.69) is 6.07 Å². The van der Waals surface area contributed by atoms with Crippen LogP contribution in [0.25, 0.3) is 10.2 Å². The first-order valence-electron chi connectivity index (χ1n) is 10.4. The molecule has 1 saturated heterocycles. The highest BCUT2D eigenvalue weighted by atomic mass is 32.1. The number of aromatic nitrogens is 1. The molecular weight excluding hydrogens is 398 g/mol. The lowest BCUT2D eigenvalue weighted by atomic mass is 10.0. The molecule has 3 heterocycles. The number of fused-ring (bicyclic) bond motifs is 2. The summed E-state index contributed by atoms with van der Waals surface area (Å²) in [5, 5.41) is 0.982. The lowest BCUT2D eigenvalue weighted by molar-refractivity contribution is -0.134. The number of rotatable bonds is 3. The number of carbonyl (C=O) groups excluding carboxylic acids is 2. The number of ether oxygens (including phenoxy) is 1. The highest BCUT2D eigenvalue weighted by molar-refractivity contribution is 7.18. The molecule has 0 saturated carbocycles. The predicted molar refractivity (Wildman–Crippen MR) is 117 cm³/mol. The summed E-state index contributed by atoms with van der Waals surface area (Å²) >= 11 is 1.66. The van der Waals surface area contributed by atoms with Crippen molar-refractivity contribution in [2.24, 2.45) is 0 Å². The SMILES string of the molecule is O=C1CCOc2ccccc2N1CC(=O)N1CCCC[C@@H]1c1nc2ccccc2s1. The van der Waals surface area contributed by atoms with E-state index in [1.807, 2.05) is 47.4 Å². The number of hydrogen-bond donors (Lipinski definition) is 0. The third kappa shape index (κ3) is 3.54. The summed E-state index contributed by atoms with van der Waals surface area (Å²) in [5.74, 6) is 0.531. The zero-order valence-electron chi connectivity index (χ0n) is 16.6. The summed E-state index contributed by atoms with van der Waals surface area (Å²) in [4.78, 5) is 34.4. The van der Waals surface area contributed by atoms with Crippen LogP contribution in [0.15, 0.2) is 48.5 Å². The number of hydrogen-bond acceptors (Lipinski definition) is 5. The van der Waals surface area contributed by atoms with Gasteiger partial charge in [0.15, 0.2) is 0 Å². The predicted octanol–water partition coefficient (Wildman–Crippen LogP) is 4.17. The average Bonchev–Trinajstić information content (AvgIpc) is 3.15. The van der Waals surface area contributed by atoms with E-state index in [1.165, 1.54) is 0 Å². The second-order valence-corrected chi connectivity index (χ2v) is 8.73. The first kappa shape index (κ1) is 19.1. The number of piperidine rings is 1. The quantitative estimate of drug-likeness (QED) is 0.637. The number of nitrogens with zero attached hydrogens (tertiary/aromatic N) is 3. The van der Waals surface area contributed by atoms with Gasteiger partial charge >= 0.3 is 0 Å². The molecule has 0 bridgehead atoms. The van der Waals surface area contributed by atoms with Gasteiger partial charge in [0.1, 0.15) is 17.3 Å². The molecule has 6 nitrogen and oxygen atoms in total. The van der Waals surface area contributed by atoms with Gasteiger partial charge in [-0.3, -0.25) is 14.5 Å². The van der Waals surface area contributed by atoms with Gasteiger partial charge in [-0.05, 0) is 43.5 Å². The van der Waals surface area contributed by atoms with Gasteiger partial charge in [0.05, 0.1) is 35.0 Å². The molecule has 0 unspecified atom stereocenters. The smallest absolute Gasteiger partial charge is 0.243 e. The number of para-hydroxylation sites is 3. The molecule has 2 amide bonds. The second-order valence-electron chi connectivity index (χ2n) is 7.66. The highest BCUT2D eigenvalue weighted by Crippen LogP contribution is 2.36. The Labute approximate surface area is 179 Å². The van der Waals surface area contributed by atoms with Crippen LogP contribution < -0.4 is 9.64 Å². The van der Waals surface area contributed by atoms with Crippen LogP contribution in [0.1, 0.15) is 36.7 Å². The summed E-state index contributed by atoms with van der Waals surface area (Å²) in [6.07, 6.45) is 3.22. The molecule has 0 spiro atoms. The second kappa shape index (κ2) is 8.07. The van der Waals surface area contributed by atoms with E-state index in [0.29, 0.717) is 24.6 Å². The molecule has 0 radical (unpaired) electrons. The van der Waals surface area contributed by atoms with Crippen LogP contribution in [-0.4, -0.2) is 41.4 Å². The molecule has 0 aliphatic carbocycles. The standard InChI is InChI=1S/C23H23N3O3S/c27-21-12-14-29-19-10-3-2-8-17(19)26(21)15-22(28)25-13-6-5-9-18(25)23-24-16-7-1-4-11-20(16)30-23/h1-4,7-8,10-11,18H,5-6,9,12-15H2/t18-/m1/s1. The molecule has 2 aromatic carbocycles. The zero-order valence-corrected chi connectivity index (χ0v) is 17.4. The Morgan fingerprint density at radius 1 is 1.13 bits per heavy atom. The third-order valence-corrected chi connectivity index (χ3v) is 6.88. The average molecular weight is 422 g/mol. The summed E-state index contributed by atoms with van der Waals surface area (Å²) in [6, 6.07) is 15.5. The van der Waals surface area contributed by atoms with E-state index < -0.39 is 0 Å². The molecule has 1 fully saturated rings. The van der Waals surface area contributed by atoms with Crippen molar-refractivity contribution < 1.29 is 14.3 Å². The number of likely N-dealkylation sites (tertiary alicyclic amines) is 1. The Morgan fingerprint density at radius 2 is 1.97 bits per heavy atom. The van der Waals surface area contributed by atoms with Gasteiger partial charge in [-0.15, -0.1) is 11.3 Å². The number of benzene rings is 2. The summed E-state index contributed by atoms with van der Waals surface area (Å²) in [7, 11) is 0. The van der Waals surface area contributed by atoms with Gasteiger partial charge in [-0.25, -0.2) is 4.98 Å². The van der Waals surface area contributed by atoms with Crippen LogP contribution in [0.5, 0.6) is 5.75 Å². The van der Waals surface area contributed by atoms with Gasteiger partial charge in [-0.1, -0.05) is 24.3 Å². The molecule has 1 aromatic heterocycles. The van der Waals surface area contributed by atoms with E-state index in [-0.39, 0.29) is 30.8 Å². The Kier molecular flexibility index (Phi) is 5.12. The van der Waals surface area contributed by atoms with Crippen LogP contribution in [-0.2, 0) is 9.59 Å². The van der Waals surface area contributed by atoms with Crippen molar-refractivity contribution in [1.82, 2.24) is 9.88 Å².